The van der Waals surface area contributed by atoms with Gasteiger partial charge in [0.05, 0.1) is 12.6 Å². The topological polar surface area (TPSA) is 17.5 Å². The van der Waals surface area contributed by atoms with Crippen molar-refractivity contribution in [2.75, 3.05) is 6.61 Å². The van der Waals surface area contributed by atoms with Crippen molar-refractivity contribution < 1.29 is 4.74 Å². The van der Waals surface area contributed by atoms with E-state index in [1.807, 2.05) is 24.3 Å². The van der Waals surface area contributed by atoms with E-state index in [9.17, 15) is 0 Å². The Bertz CT molecular complexity index is 807. The predicted octanol–water partition coefficient (Wildman–Crippen LogP) is 4.94. The zero-order chi connectivity index (χ0) is 14.4. The van der Waals surface area contributed by atoms with E-state index in [0.717, 1.165) is 12.2 Å². The van der Waals surface area contributed by atoms with Crippen LogP contribution in [0.3, 0.4) is 0 Å². The number of hydrogen-bond acceptors (Lipinski definition) is 1. The fourth-order valence-electron chi connectivity index (χ4n) is 2.86. The maximum atomic E-state index is 6.41. The molecule has 4 rings (SSSR count). The van der Waals surface area contributed by atoms with Crippen LogP contribution in [0, 0.1) is 0 Å². The maximum absolute atomic E-state index is 6.41. The van der Waals surface area contributed by atoms with E-state index >= 15 is 0 Å². The fourth-order valence-corrected chi connectivity index (χ4v) is 3.38. The molecule has 2 aromatic carbocycles. The lowest BCUT2D eigenvalue weighted by Gasteiger charge is -2.20. The Labute approximate surface area is 132 Å². The van der Waals surface area contributed by atoms with Gasteiger partial charge in [0.25, 0.3) is 0 Å². The average molecular weight is 318 g/mol. The maximum Gasteiger partial charge on any atom is 0.106 e. The number of ether oxygens (including phenoxy) is 1. The van der Waals surface area contributed by atoms with E-state index in [1.165, 1.54) is 10.9 Å². The average Bonchev–Trinajstić information content (AvgIpc) is 3.22. The fraction of sp³-hybridized carbons (Fsp3) is 0.176. The third-order valence-corrected chi connectivity index (χ3v) is 4.48. The van der Waals surface area contributed by atoms with E-state index < -0.39 is 0 Å². The summed E-state index contributed by atoms with van der Waals surface area (Å²) in [5.74, 6) is 0. The van der Waals surface area contributed by atoms with Crippen LogP contribution in [-0.4, -0.2) is 17.3 Å². The van der Waals surface area contributed by atoms with Crippen molar-refractivity contribution >= 4 is 34.1 Å². The molecule has 3 aromatic rings. The highest BCUT2D eigenvalue weighted by Gasteiger charge is 2.36. The Morgan fingerprint density at radius 2 is 1.90 bits per heavy atom. The number of benzene rings is 2. The predicted molar refractivity (Wildman–Crippen MR) is 86.3 cm³/mol. The van der Waals surface area contributed by atoms with Crippen LogP contribution in [0.4, 0.5) is 0 Å². The van der Waals surface area contributed by atoms with Crippen molar-refractivity contribution in [3.8, 4) is 0 Å². The quantitative estimate of drug-likeness (QED) is 0.626. The molecule has 0 saturated carbocycles. The monoisotopic (exact) mass is 317 g/mol. The van der Waals surface area contributed by atoms with Gasteiger partial charge < -0.3 is 9.30 Å². The summed E-state index contributed by atoms with van der Waals surface area (Å²) in [5.41, 5.74) is 2.23. The van der Waals surface area contributed by atoms with Gasteiger partial charge in [0.1, 0.15) is 6.10 Å². The first kappa shape index (κ1) is 13.2. The lowest BCUT2D eigenvalue weighted by Crippen LogP contribution is -2.16. The molecule has 0 spiro atoms. The van der Waals surface area contributed by atoms with Gasteiger partial charge in [-0.3, -0.25) is 0 Å². The molecule has 1 saturated heterocycles. The van der Waals surface area contributed by atoms with E-state index in [4.69, 9.17) is 27.9 Å². The molecule has 0 N–H and O–H groups in total. The Balaban J connectivity index is 1.88. The second-order valence-corrected chi connectivity index (χ2v) is 6.11. The van der Waals surface area contributed by atoms with Crippen molar-refractivity contribution in [1.82, 2.24) is 4.57 Å². The molecule has 0 amide bonds. The van der Waals surface area contributed by atoms with Crippen molar-refractivity contribution in [2.24, 2.45) is 0 Å². The summed E-state index contributed by atoms with van der Waals surface area (Å²) in [6.07, 6.45) is 2.27. The van der Waals surface area contributed by atoms with E-state index in [-0.39, 0.29) is 12.1 Å². The van der Waals surface area contributed by atoms with Crippen molar-refractivity contribution in [3.63, 3.8) is 0 Å². The minimum absolute atomic E-state index is 0.0784. The highest BCUT2D eigenvalue weighted by molar-refractivity contribution is 6.35. The second kappa shape index (κ2) is 5.06. The number of halogens is 2. The summed E-state index contributed by atoms with van der Waals surface area (Å²) in [7, 11) is 0. The summed E-state index contributed by atoms with van der Waals surface area (Å²) in [6.45, 7) is 0.760. The van der Waals surface area contributed by atoms with Gasteiger partial charge in [-0.25, -0.2) is 0 Å². The summed E-state index contributed by atoms with van der Waals surface area (Å²) >= 11 is 12.4. The highest BCUT2D eigenvalue weighted by atomic mass is 35.5. The van der Waals surface area contributed by atoms with Gasteiger partial charge in [-0.05, 0) is 35.2 Å². The molecule has 21 heavy (non-hydrogen) atoms. The normalized spacial score (nSPS) is 18.9. The standard InChI is InChI=1S/C17H13Cl2NO/c18-12-5-6-13(14(19)9-12)17(16-10-21-16)20-8-7-11-3-1-2-4-15(11)20/h1-9,16-17H,10H2. The van der Waals surface area contributed by atoms with Gasteiger partial charge >= 0.3 is 0 Å². The second-order valence-electron chi connectivity index (χ2n) is 5.26. The van der Waals surface area contributed by atoms with Crippen LogP contribution in [-0.2, 0) is 4.74 Å². The molecule has 2 unspecified atom stereocenters. The van der Waals surface area contributed by atoms with E-state index in [1.54, 1.807) is 6.07 Å². The number of aromatic nitrogens is 1. The summed E-state index contributed by atoms with van der Waals surface area (Å²) in [4.78, 5) is 0. The van der Waals surface area contributed by atoms with Gasteiger partial charge in [-0.15, -0.1) is 0 Å². The van der Waals surface area contributed by atoms with Gasteiger partial charge in [0, 0.05) is 21.8 Å². The Morgan fingerprint density at radius 1 is 1.10 bits per heavy atom. The van der Waals surface area contributed by atoms with Crippen molar-refractivity contribution in [3.05, 3.63) is 70.3 Å². The number of hydrogen-bond donors (Lipinski definition) is 0. The third kappa shape index (κ3) is 2.34. The molecular weight excluding hydrogens is 305 g/mol. The Kier molecular flexibility index (Phi) is 3.18. The lowest BCUT2D eigenvalue weighted by molar-refractivity contribution is 0.356. The summed E-state index contributed by atoms with van der Waals surface area (Å²) in [5, 5.41) is 2.55. The molecule has 2 heterocycles. The number of epoxide rings is 1. The summed E-state index contributed by atoms with van der Waals surface area (Å²) in [6, 6.07) is 16.2. The highest BCUT2D eigenvalue weighted by Crippen LogP contribution is 2.38. The largest absolute Gasteiger partial charge is 0.370 e. The number of fused-ring (bicyclic) bond motifs is 1. The molecule has 2 atom stereocenters. The van der Waals surface area contributed by atoms with Gasteiger partial charge in [0.15, 0.2) is 0 Å². The smallest absolute Gasteiger partial charge is 0.106 e. The molecular formula is C17H13Cl2NO. The zero-order valence-corrected chi connectivity index (χ0v) is 12.7. The molecule has 1 aromatic heterocycles. The van der Waals surface area contributed by atoms with E-state index in [0.29, 0.717) is 10.0 Å². The van der Waals surface area contributed by atoms with Crippen molar-refractivity contribution in [2.45, 2.75) is 12.1 Å². The SMILES string of the molecule is Clc1ccc(C(C2CO2)n2ccc3ccccc32)c(Cl)c1. The van der Waals surface area contributed by atoms with Crippen LogP contribution in [0.5, 0.6) is 0 Å². The number of para-hydroxylation sites is 1. The third-order valence-electron chi connectivity index (χ3n) is 3.92. The first-order valence-electron chi connectivity index (χ1n) is 6.86. The molecule has 106 valence electrons. The molecule has 4 heteroatoms. The van der Waals surface area contributed by atoms with Gasteiger partial charge in [-0.1, -0.05) is 47.5 Å². The minimum Gasteiger partial charge on any atom is -0.370 e. The molecule has 1 aliphatic heterocycles. The first-order valence-corrected chi connectivity index (χ1v) is 7.62. The molecule has 0 aliphatic carbocycles. The molecule has 1 fully saturated rings. The van der Waals surface area contributed by atoms with Crippen LogP contribution in [0.2, 0.25) is 10.0 Å². The minimum atomic E-state index is 0.0784. The summed E-state index contributed by atoms with van der Waals surface area (Å²) < 4.78 is 7.81. The number of nitrogens with zero attached hydrogens (tertiary/aromatic N) is 1. The molecule has 0 bridgehead atoms. The van der Waals surface area contributed by atoms with Gasteiger partial charge in [0.2, 0.25) is 0 Å². The van der Waals surface area contributed by atoms with Crippen LogP contribution < -0.4 is 0 Å². The van der Waals surface area contributed by atoms with Crippen LogP contribution >= 0.6 is 23.2 Å². The number of rotatable bonds is 3. The van der Waals surface area contributed by atoms with Crippen LogP contribution in [0.15, 0.2) is 54.7 Å². The van der Waals surface area contributed by atoms with Gasteiger partial charge in [-0.2, -0.15) is 0 Å². The molecule has 1 aliphatic rings. The zero-order valence-electron chi connectivity index (χ0n) is 11.2. The molecule has 2 nitrogen and oxygen atoms in total. The van der Waals surface area contributed by atoms with Crippen LogP contribution in [0.1, 0.15) is 11.6 Å². The van der Waals surface area contributed by atoms with E-state index in [2.05, 4.69) is 29.0 Å². The lowest BCUT2D eigenvalue weighted by atomic mass is 10.0. The first-order chi connectivity index (χ1) is 10.2. The molecule has 0 radical (unpaired) electrons. The van der Waals surface area contributed by atoms with Crippen LogP contribution in [0.25, 0.3) is 10.9 Å². The van der Waals surface area contributed by atoms with Crippen molar-refractivity contribution in [1.29, 1.82) is 0 Å². The Hall–Kier alpha value is -1.48. The Morgan fingerprint density at radius 3 is 2.67 bits per heavy atom.